The highest BCUT2D eigenvalue weighted by molar-refractivity contribution is 14.1. The van der Waals surface area contributed by atoms with Gasteiger partial charge in [-0.3, -0.25) is 0 Å². The monoisotopic (exact) mass is 484 g/mol. The summed E-state index contributed by atoms with van der Waals surface area (Å²) in [6.07, 6.45) is -0.782. The molecule has 0 radical (unpaired) electrons. The van der Waals surface area contributed by atoms with Gasteiger partial charge in [0.2, 0.25) is 0 Å². The highest BCUT2D eigenvalue weighted by Gasteiger charge is 2.22. The van der Waals surface area contributed by atoms with Crippen molar-refractivity contribution < 1.29 is 9.84 Å². The SMILES string of the molecule is Cc1c(I)nc(C(O)c2ccc(Cl)s2)n1COCC[Si](C)(C)C. The lowest BCUT2D eigenvalue weighted by molar-refractivity contribution is 0.0775. The first-order valence-corrected chi connectivity index (χ1v) is 13.4. The van der Waals surface area contributed by atoms with Crippen LogP contribution in [-0.2, 0) is 11.5 Å². The molecular weight excluding hydrogens is 463 g/mol. The third-order valence-corrected chi connectivity index (χ3v) is 7.53. The molecule has 2 aromatic rings. The number of ether oxygens (including phenoxy) is 1. The summed E-state index contributed by atoms with van der Waals surface area (Å²) in [7, 11) is -1.10. The number of hydrogen-bond donors (Lipinski definition) is 1. The molecule has 0 bridgehead atoms. The van der Waals surface area contributed by atoms with Crippen LogP contribution in [0, 0.1) is 10.6 Å². The average molecular weight is 485 g/mol. The van der Waals surface area contributed by atoms with Crippen LogP contribution < -0.4 is 0 Å². The Hall–Kier alpha value is 0.0669. The lowest BCUT2D eigenvalue weighted by Crippen LogP contribution is -2.22. The fourth-order valence-electron chi connectivity index (χ4n) is 2.03. The van der Waals surface area contributed by atoms with E-state index in [1.54, 1.807) is 6.07 Å². The standard InChI is InChI=1S/C15H22ClIN2O2SSi/c1-10-14(17)18-15(13(20)11-5-6-12(16)22-11)19(10)9-21-7-8-23(2,3)4/h5-6,13,20H,7-9H2,1-4H3. The average Bonchev–Trinajstić information content (AvgIpc) is 3.00. The summed E-state index contributed by atoms with van der Waals surface area (Å²) in [4.78, 5) is 5.31. The highest BCUT2D eigenvalue weighted by atomic mass is 127. The zero-order chi connectivity index (χ0) is 17.2. The quantitative estimate of drug-likeness (QED) is 0.345. The third kappa shape index (κ3) is 5.27. The van der Waals surface area contributed by atoms with Gasteiger partial charge in [0.05, 0.1) is 10.0 Å². The van der Waals surface area contributed by atoms with Crippen LogP contribution in [0.25, 0.3) is 0 Å². The van der Waals surface area contributed by atoms with E-state index in [1.807, 2.05) is 17.6 Å². The number of aromatic nitrogens is 2. The second-order valence-electron chi connectivity index (χ2n) is 6.67. The second kappa shape index (κ2) is 7.96. The number of halogens is 2. The van der Waals surface area contributed by atoms with E-state index in [4.69, 9.17) is 16.3 Å². The number of hydrogen-bond acceptors (Lipinski definition) is 4. The van der Waals surface area contributed by atoms with Crippen molar-refractivity contribution in [1.82, 2.24) is 9.55 Å². The smallest absolute Gasteiger partial charge is 0.146 e. The number of aliphatic hydroxyl groups excluding tert-OH is 1. The largest absolute Gasteiger partial charge is 0.380 e. The molecule has 0 aliphatic carbocycles. The first-order valence-electron chi connectivity index (χ1n) is 7.42. The lowest BCUT2D eigenvalue weighted by Gasteiger charge is -2.17. The normalized spacial score (nSPS) is 13.5. The molecule has 0 spiro atoms. The molecule has 0 amide bonds. The molecule has 2 heterocycles. The van der Waals surface area contributed by atoms with Gasteiger partial charge in [-0.25, -0.2) is 4.98 Å². The van der Waals surface area contributed by atoms with Crippen LogP contribution in [0.3, 0.4) is 0 Å². The van der Waals surface area contributed by atoms with E-state index in [2.05, 4.69) is 47.2 Å². The van der Waals surface area contributed by atoms with E-state index >= 15 is 0 Å². The van der Waals surface area contributed by atoms with Crippen molar-refractivity contribution in [3.8, 4) is 0 Å². The minimum absolute atomic E-state index is 0.414. The molecule has 0 fully saturated rings. The number of thiophene rings is 1. The van der Waals surface area contributed by atoms with Crippen LogP contribution in [-0.4, -0.2) is 29.3 Å². The molecule has 0 aliphatic heterocycles. The molecule has 0 saturated heterocycles. The van der Waals surface area contributed by atoms with Crippen molar-refractivity contribution in [2.45, 2.75) is 45.4 Å². The number of rotatable bonds is 7. The van der Waals surface area contributed by atoms with Gasteiger partial charge in [-0.2, -0.15) is 0 Å². The van der Waals surface area contributed by atoms with Crippen molar-refractivity contribution in [3.05, 3.63) is 36.6 Å². The Kier molecular flexibility index (Phi) is 6.72. The first kappa shape index (κ1) is 19.4. The minimum Gasteiger partial charge on any atom is -0.380 e. The van der Waals surface area contributed by atoms with Gasteiger partial charge in [0.25, 0.3) is 0 Å². The molecule has 8 heteroatoms. The van der Waals surface area contributed by atoms with Crippen molar-refractivity contribution in [1.29, 1.82) is 0 Å². The summed E-state index contributed by atoms with van der Waals surface area (Å²) >= 11 is 9.53. The van der Waals surface area contributed by atoms with E-state index in [0.717, 1.165) is 26.9 Å². The Morgan fingerprint density at radius 1 is 1.43 bits per heavy atom. The van der Waals surface area contributed by atoms with Crippen LogP contribution in [0.4, 0.5) is 0 Å². The predicted octanol–water partition coefficient (Wildman–Crippen LogP) is 4.91. The molecule has 1 N–H and O–H groups in total. The van der Waals surface area contributed by atoms with Gasteiger partial charge in [-0.1, -0.05) is 31.2 Å². The second-order valence-corrected chi connectivity index (χ2v) is 15.1. The Balaban J connectivity index is 2.13. The molecule has 4 nitrogen and oxygen atoms in total. The van der Waals surface area contributed by atoms with Crippen LogP contribution in [0.1, 0.15) is 22.5 Å². The van der Waals surface area contributed by atoms with Crippen LogP contribution >= 0.6 is 45.5 Å². The van der Waals surface area contributed by atoms with E-state index in [0.29, 0.717) is 16.9 Å². The summed E-state index contributed by atoms with van der Waals surface area (Å²) < 4.78 is 9.34. The highest BCUT2D eigenvalue weighted by Crippen LogP contribution is 2.31. The Labute approximate surface area is 161 Å². The van der Waals surface area contributed by atoms with Gasteiger partial charge in [-0.15, -0.1) is 11.3 Å². The molecule has 1 atom stereocenters. The Morgan fingerprint density at radius 2 is 2.13 bits per heavy atom. The molecule has 1 unspecified atom stereocenters. The molecule has 23 heavy (non-hydrogen) atoms. The van der Waals surface area contributed by atoms with E-state index in [1.165, 1.54) is 11.3 Å². The molecule has 2 rings (SSSR count). The number of aliphatic hydroxyl groups is 1. The van der Waals surface area contributed by atoms with Crippen molar-refractivity contribution >= 4 is 53.6 Å². The molecule has 2 aromatic heterocycles. The van der Waals surface area contributed by atoms with Crippen molar-refractivity contribution in [3.63, 3.8) is 0 Å². The van der Waals surface area contributed by atoms with Gasteiger partial charge in [0.1, 0.15) is 22.4 Å². The van der Waals surface area contributed by atoms with Gasteiger partial charge >= 0.3 is 0 Å². The summed E-state index contributed by atoms with van der Waals surface area (Å²) in [6.45, 7) is 10.1. The maximum Gasteiger partial charge on any atom is 0.146 e. The molecule has 0 aliphatic rings. The summed E-state index contributed by atoms with van der Waals surface area (Å²) in [5.41, 5.74) is 1.01. The van der Waals surface area contributed by atoms with Gasteiger partial charge in [-0.05, 0) is 47.7 Å². The van der Waals surface area contributed by atoms with Gasteiger partial charge in [0.15, 0.2) is 0 Å². The fourth-order valence-corrected chi connectivity index (χ4v) is 4.37. The maximum absolute atomic E-state index is 10.6. The lowest BCUT2D eigenvalue weighted by atomic mass is 10.3. The minimum atomic E-state index is -1.10. The fraction of sp³-hybridized carbons (Fsp3) is 0.533. The van der Waals surface area contributed by atoms with Gasteiger partial charge in [0, 0.05) is 19.6 Å². The predicted molar refractivity (Wildman–Crippen MR) is 107 cm³/mol. The number of imidazole rings is 1. The topological polar surface area (TPSA) is 47.3 Å². The van der Waals surface area contributed by atoms with Crippen molar-refractivity contribution in [2.24, 2.45) is 0 Å². The molecule has 128 valence electrons. The molecule has 0 aromatic carbocycles. The van der Waals surface area contributed by atoms with Crippen LogP contribution in [0.5, 0.6) is 0 Å². The maximum atomic E-state index is 10.6. The van der Waals surface area contributed by atoms with Crippen molar-refractivity contribution in [2.75, 3.05) is 6.61 Å². The Bertz CT molecular complexity index is 669. The summed E-state index contributed by atoms with van der Waals surface area (Å²) in [6, 6.07) is 4.75. The molecular formula is C15H22ClIN2O2SSi. The molecule has 0 saturated carbocycles. The number of nitrogens with zero attached hydrogens (tertiary/aromatic N) is 2. The summed E-state index contributed by atoms with van der Waals surface area (Å²) in [5.74, 6) is 0.610. The van der Waals surface area contributed by atoms with Crippen LogP contribution in [0.2, 0.25) is 30.0 Å². The van der Waals surface area contributed by atoms with Crippen LogP contribution in [0.15, 0.2) is 12.1 Å². The Morgan fingerprint density at radius 3 is 2.70 bits per heavy atom. The van der Waals surface area contributed by atoms with Gasteiger partial charge < -0.3 is 14.4 Å². The van der Waals surface area contributed by atoms with E-state index < -0.39 is 14.2 Å². The first-order chi connectivity index (χ1) is 10.7. The zero-order valence-corrected chi connectivity index (χ0v) is 18.5. The van der Waals surface area contributed by atoms with E-state index in [-0.39, 0.29) is 0 Å². The zero-order valence-electron chi connectivity index (χ0n) is 13.8. The third-order valence-electron chi connectivity index (χ3n) is 3.52. The van der Waals surface area contributed by atoms with E-state index in [9.17, 15) is 5.11 Å². The summed E-state index contributed by atoms with van der Waals surface area (Å²) in [5, 5.41) is 10.6.